The van der Waals surface area contributed by atoms with Gasteiger partial charge in [-0.25, -0.2) is 4.79 Å². The second-order valence-corrected chi connectivity index (χ2v) is 6.05. The van der Waals surface area contributed by atoms with Gasteiger partial charge in [0.2, 0.25) is 5.91 Å². The van der Waals surface area contributed by atoms with Crippen molar-refractivity contribution < 1.29 is 19.1 Å². The van der Waals surface area contributed by atoms with Crippen LogP contribution in [0, 0.1) is 0 Å². The molecule has 0 aliphatic rings. The molecule has 7 heteroatoms. The van der Waals surface area contributed by atoms with E-state index in [1.54, 1.807) is 30.5 Å². The van der Waals surface area contributed by atoms with E-state index < -0.39 is 18.5 Å². The van der Waals surface area contributed by atoms with Gasteiger partial charge in [-0.3, -0.25) is 9.59 Å². The molecular weight excluding hydrogens is 346 g/mol. The number of amides is 2. The quantitative estimate of drug-likeness (QED) is 0.681. The van der Waals surface area contributed by atoms with Gasteiger partial charge in [-0.15, -0.1) is 0 Å². The lowest BCUT2D eigenvalue weighted by Gasteiger charge is -2.07. The molecule has 0 spiro atoms. The van der Waals surface area contributed by atoms with Gasteiger partial charge in [-0.1, -0.05) is 18.2 Å². The number of nitrogens with zero attached hydrogens (tertiary/aromatic N) is 1. The monoisotopic (exact) mass is 365 g/mol. The van der Waals surface area contributed by atoms with Crippen LogP contribution in [0.4, 0.5) is 11.4 Å². The highest BCUT2D eigenvalue weighted by atomic mass is 16.5. The summed E-state index contributed by atoms with van der Waals surface area (Å²) < 4.78 is 6.97. The smallest absolute Gasteiger partial charge is 0.340 e. The maximum atomic E-state index is 12.3. The lowest BCUT2D eigenvalue weighted by atomic mass is 10.2. The van der Waals surface area contributed by atoms with Gasteiger partial charge in [-0.05, 0) is 30.3 Å². The van der Waals surface area contributed by atoms with Gasteiger partial charge >= 0.3 is 5.97 Å². The van der Waals surface area contributed by atoms with Crippen molar-refractivity contribution in [3.05, 3.63) is 60.3 Å². The molecule has 2 N–H and O–H groups in total. The summed E-state index contributed by atoms with van der Waals surface area (Å²) in [5, 5.41) is 6.05. The van der Waals surface area contributed by atoms with Crippen molar-refractivity contribution in [1.82, 2.24) is 4.57 Å². The van der Waals surface area contributed by atoms with E-state index >= 15 is 0 Å². The molecule has 0 atom stereocenters. The number of carbonyl (C=O) groups is 3. The molecule has 0 fully saturated rings. The Morgan fingerprint density at radius 2 is 1.59 bits per heavy atom. The van der Waals surface area contributed by atoms with Gasteiger partial charge in [0.05, 0.1) is 5.56 Å². The van der Waals surface area contributed by atoms with Gasteiger partial charge in [-0.2, -0.15) is 0 Å². The number of fused-ring (bicyclic) bond motifs is 1. The first kappa shape index (κ1) is 18.2. The van der Waals surface area contributed by atoms with Gasteiger partial charge < -0.3 is 19.9 Å². The molecule has 27 heavy (non-hydrogen) atoms. The van der Waals surface area contributed by atoms with E-state index in [4.69, 9.17) is 4.74 Å². The number of hydrogen-bond donors (Lipinski definition) is 2. The van der Waals surface area contributed by atoms with Crippen molar-refractivity contribution in [1.29, 1.82) is 0 Å². The molecule has 0 bridgehead atoms. The Morgan fingerprint density at radius 3 is 2.26 bits per heavy atom. The molecule has 0 unspecified atom stereocenters. The van der Waals surface area contributed by atoms with E-state index in [1.165, 1.54) is 6.92 Å². The summed E-state index contributed by atoms with van der Waals surface area (Å²) in [5.74, 6) is -1.18. The standard InChI is InChI=1S/C20H19N3O4/c1-13(24)21-14-7-9-15(10-8-14)22-19(25)12-27-20(26)17-11-23(2)18-6-4-3-5-16(17)18/h3-11H,12H2,1-2H3,(H,21,24)(H,22,25). The third-order valence-corrected chi connectivity index (χ3v) is 3.94. The number of ether oxygens (including phenoxy) is 1. The van der Waals surface area contributed by atoms with Gasteiger partial charge in [0.1, 0.15) is 0 Å². The van der Waals surface area contributed by atoms with Crippen LogP contribution in [-0.2, 0) is 21.4 Å². The zero-order chi connectivity index (χ0) is 19.4. The minimum Gasteiger partial charge on any atom is -0.452 e. The Labute approximate surface area is 155 Å². The Balaban J connectivity index is 1.58. The third-order valence-electron chi connectivity index (χ3n) is 3.94. The van der Waals surface area contributed by atoms with Crippen molar-refractivity contribution in [2.45, 2.75) is 6.92 Å². The molecule has 0 saturated carbocycles. The van der Waals surface area contributed by atoms with Gasteiger partial charge in [0, 0.05) is 42.4 Å². The highest BCUT2D eigenvalue weighted by Crippen LogP contribution is 2.21. The lowest BCUT2D eigenvalue weighted by Crippen LogP contribution is -2.20. The second kappa shape index (κ2) is 7.74. The van der Waals surface area contributed by atoms with Crippen LogP contribution in [0.2, 0.25) is 0 Å². The average molecular weight is 365 g/mol. The zero-order valence-electron chi connectivity index (χ0n) is 15.0. The SMILES string of the molecule is CC(=O)Nc1ccc(NC(=O)COC(=O)c2cn(C)c3ccccc23)cc1. The molecule has 3 aromatic rings. The maximum absolute atomic E-state index is 12.3. The van der Waals surface area contributed by atoms with E-state index in [2.05, 4.69) is 10.6 Å². The Kier molecular flexibility index (Phi) is 5.21. The summed E-state index contributed by atoms with van der Waals surface area (Å²) in [6.45, 7) is 1.02. The molecule has 0 saturated heterocycles. The van der Waals surface area contributed by atoms with Crippen molar-refractivity contribution >= 4 is 40.1 Å². The molecule has 2 amide bonds. The van der Waals surface area contributed by atoms with Crippen LogP contribution in [0.15, 0.2) is 54.7 Å². The summed E-state index contributed by atoms with van der Waals surface area (Å²) in [6.07, 6.45) is 1.69. The fraction of sp³-hybridized carbons (Fsp3) is 0.150. The summed E-state index contributed by atoms with van der Waals surface area (Å²) in [6, 6.07) is 14.1. The minimum atomic E-state index is -0.553. The van der Waals surface area contributed by atoms with Crippen LogP contribution in [0.5, 0.6) is 0 Å². The summed E-state index contributed by atoms with van der Waals surface area (Å²) in [7, 11) is 1.84. The summed E-state index contributed by atoms with van der Waals surface area (Å²) in [4.78, 5) is 35.3. The van der Waals surface area contributed by atoms with Crippen LogP contribution in [0.3, 0.4) is 0 Å². The molecule has 0 aliphatic carbocycles. The van der Waals surface area contributed by atoms with Gasteiger partial charge in [0.15, 0.2) is 6.61 Å². The summed E-state index contributed by atoms with van der Waals surface area (Å²) >= 11 is 0. The maximum Gasteiger partial charge on any atom is 0.340 e. The highest BCUT2D eigenvalue weighted by Gasteiger charge is 2.16. The first-order valence-corrected chi connectivity index (χ1v) is 8.33. The molecule has 1 heterocycles. The third kappa shape index (κ3) is 4.33. The molecule has 0 radical (unpaired) electrons. The number of benzene rings is 2. The fourth-order valence-corrected chi connectivity index (χ4v) is 2.75. The fourth-order valence-electron chi connectivity index (χ4n) is 2.75. The number of rotatable bonds is 5. The predicted octanol–water partition coefficient (Wildman–Crippen LogP) is 2.93. The van der Waals surface area contributed by atoms with Crippen molar-refractivity contribution in [2.24, 2.45) is 7.05 Å². The topological polar surface area (TPSA) is 89.4 Å². The molecule has 2 aromatic carbocycles. The van der Waals surface area contributed by atoms with E-state index in [9.17, 15) is 14.4 Å². The van der Waals surface area contributed by atoms with E-state index in [0.717, 1.165) is 10.9 Å². The number of carbonyl (C=O) groups excluding carboxylic acids is 3. The van der Waals surface area contributed by atoms with E-state index in [0.29, 0.717) is 16.9 Å². The van der Waals surface area contributed by atoms with Crippen LogP contribution >= 0.6 is 0 Å². The molecule has 0 aliphatic heterocycles. The van der Waals surface area contributed by atoms with Crippen molar-refractivity contribution in [3.8, 4) is 0 Å². The Morgan fingerprint density at radius 1 is 0.963 bits per heavy atom. The van der Waals surface area contributed by atoms with E-state index in [1.807, 2.05) is 35.9 Å². The van der Waals surface area contributed by atoms with Crippen LogP contribution < -0.4 is 10.6 Å². The van der Waals surface area contributed by atoms with Crippen molar-refractivity contribution in [2.75, 3.05) is 17.2 Å². The first-order valence-electron chi connectivity index (χ1n) is 8.33. The number of nitrogens with one attached hydrogen (secondary N) is 2. The number of para-hydroxylation sites is 1. The van der Waals surface area contributed by atoms with Crippen LogP contribution in [0.1, 0.15) is 17.3 Å². The highest BCUT2D eigenvalue weighted by molar-refractivity contribution is 6.05. The number of hydrogen-bond acceptors (Lipinski definition) is 4. The number of anilines is 2. The lowest BCUT2D eigenvalue weighted by molar-refractivity contribution is -0.119. The van der Waals surface area contributed by atoms with E-state index in [-0.39, 0.29) is 5.91 Å². The molecule has 3 rings (SSSR count). The zero-order valence-corrected chi connectivity index (χ0v) is 15.0. The normalized spacial score (nSPS) is 10.4. The largest absolute Gasteiger partial charge is 0.452 e. The molecular formula is C20H19N3O4. The van der Waals surface area contributed by atoms with Crippen LogP contribution in [0.25, 0.3) is 10.9 Å². The average Bonchev–Trinajstić information content (AvgIpc) is 2.98. The Bertz CT molecular complexity index is 1010. The molecule has 1 aromatic heterocycles. The second-order valence-electron chi connectivity index (χ2n) is 6.05. The molecule has 7 nitrogen and oxygen atoms in total. The first-order chi connectivity index (χ1) is 12.9. The number of aryl methyl sites for hydroxylation is 1. The number of aromatic nitrogens is 1. The van der Waals surface area contributed by atoms with Gasteiger partial charge in [0.25, 0.3) is 5.91 Å². The predicted molar refractivity (Wildman–Crippen MR) is 103 cm³/mol. The Hall–Kier alpha value is -3.61. The minimum absolute atomic E-state index is 0.174. The number of esters is 1. The molecule has 138 valence electrons. The van der Waals surface area contributed by atoms with Crippen molar-refractivity contribution in [3.63, 3.8) is 0 Å². The van der Waals surface area contributed by atoms with Crippen LogP contribution in [-0.4, -0.2) is 29.0 Å². The summed E-state index contributed by atoms with van der Waals surface area (Å²) in [5.41, 5.74) is 2.49.